The molecule has 2 rings (SSSR count). The molecule has 0 amide bonds. The smallest absolute Gasteiger partial charge is 0.136 e. The van der Waals surface area contributed by atoms with Gasteiger partial charge in [-0.15, -0.1) is 0 Å². The molecule has 0 aliphatic rings. The standard InChI is InChI=1S/C16H21ClN4/c1-11(2)8-9-18-15-10-16(20-12(3)19-15)21-14-7-5-4-6-13(14)17/h4-7,10-11H,8-9H2,1-3H3,(H2,18,19,20,21). The molecular weight excluding hydrogens is 284 g/mol. The van der Waals surface area contributed by atoms with Crippen LogP contribution in [0.3, 0.4) is 0 Å². The molecule has 0 unspecified atom stereocenters. The fraction of sp³-hybridized carbons (Fsp3) is 0.375. The fourth-order valence-electron chi connectivity index (χ4n) is 1.91. The summed E-state index contributed by atoms with van der Waals surface area (Å²) in [6.07, 6.45) is 1.11. The highest BCUT2D eigenvalue weighted by Gasteiger charge is 2.05. The molecule has 0 spiro atoms. The number of para-hydroxylation sites is 1. The number of anilines is 3. The quantitative estimate of drug-likeness (QED) is 0.816. The van der Waals surface area contributed by atoms with E-state index in [0.29, 0.717) is 10.9 Å². The Balaban J connectivity index is 2.10. The summed E-state index contributed by atoms with van der Waals surface area (Å²) in [6, 6.07) is 9.50. The summed E-state index contributed by atoms with van der Waals surface area (Å²) < 4.78 is 0. The molecule has 2 N–H and O–H groups in total. The van der Waals surface area contributed by atoms with E-state index >= 15 is 0 Å². The van der Waals surface area contributed by atoms with Crippen molar-refractivity contribution in [2.75, 3.05) is 17.2 Å². The summed E-state index contributed by atoms with van der Waals surface area (Å²) in [5, 5.41) is 7.23. The highest BCUT2D eigenvalue weighted by molar-refractivity contribution is 6.33. The van der Waals surface area contributed by atoms with Crippen molar-refractivity contribution >= 4 is 28.9 Å². The number of benzene rings is 1. The van der Waals surface area contributed by atoms with Crippen molar-refractivity contribution in [2.45, 2.75) is 27.2 Å². The van der Waals surface area contributed by atoms with Gasteiger partial charge in [0, 0.05) is 12.6 Å². The van der Waals surface area contributed by atoms with Crippen LogP contribution in [0, 0.1) is 12.8 Å². The van der Waals surface area contributed by atoms with Crippen LogP contribution >= 0.6 is 11.6 Å². The number of halogens is 1. The topological polar surface area (TPSA) is 49.8 Å². The molecule has 0 saturated heterocycles. The first-order valence-electron chi connectivity index (χ1n) is 7.15. The predicted molar refractivity (Wildman–Crippen MR) is 89.4 cm³/mol. The van der Waals surface area contributed by atoms with Crippen LogP contribution in [0.4, 0.5) is 17.3 Å². The maximum Gasteiger partial charge on any atom is 0.136 e. The molecule has 4 nitrogen and oxygen atoms in total. The van der Waals surface area contributed by atoms with Crippen molar-refractivity contribution in [3.05, 3.63) is 41.2 Å². The third-order valence-electron chi connectivity index (χ3n) is 3.00. The van der Waals surface area contributed by atoms with Crippen molar-refractivity contribution < 1.29 is 0 Å². The first-order chi connectivity index (χ1) is 10.0. The van der Waals surface area contributed by atoms with Crippen molar-refractivity contribution in [2.24, 2.45) is 5.92 Å². The van der Waals surface area contributed by atoms with E-state index in [-0.39, 0.29) is 0 Å². The fourth-order valence-corrected chi connectivity index (χ4v) is 2.09. The van der Waals surface area contributed by atoms with Gasteiger partial charge < -0.3 is 10.6 Å². The largest absolute Gasteiger partial charge is 0.370 e. The normalized spacial score (nSPS) is 10.7. The third kappa shape index (κ3) is 4.90. The lowest BCUT2D eigenvalue weighted by molar-refractivity contribution is 0.606. The Hall–Kier alpha value is -1.81. The van der Waals surface area contributed by atoms with E-state index in [1.54, 1.807) is 0 Å². The maximum atomic E-state index is 6.15. The monoisotopic (exact) mass is 304 g/mol. The highest BCUT2D eigenvalue weighted by atomic mass is 35.5. The molecule has 0 aliphatic heterocycles. The predicted octanol–water partition coefficient (Wildman–Crippen LogP) is 4.64. The van der Waals surface area contributed by atoms with Gasteiger partial charge in [0.15, 0.2) is 0 Å². The minimum absolute atomic E-state index is 0.668. The van der Waals surface area contributed by atoms with Crippen LogP contribution in [0.2, 0.25) is 5.02 Å². The lowest BCUT2D eigenvalue weighted by Gasteiger charge is -2.11. The summed E-state index contributed by atoms with van der Waals surface area (Å²) in [6.45, 7) is 7.19. The number of rotatable bonds is 6. The molecule has 0 radical (unpaired) electrons. The number of aryl methyl sites for hydroxylation is 1. The molecule has 1 aromatic heterocycles. The van der Waals surface area contributed by atoms with Gasteiger partial charge in [-0.3, -0.25) is 0 Å². The van der Waals surface area contributed by atoms with Gasteiger partial charge in [-0.2, -0.15) is 0 Å². The lowest BCUT2D eigenvalue weighted by atomic mass is 10.1. The number of aromatic nitrogens is 2. The van der Waals surface area contributed by atoms with Crippen LogP contribution in [0.1, 0.15) is 26.1 Å². The second-order valence-corrected chi connectivity index (χ2v) is 5.81. The maximum absolute atomic E-state index is 6.15. The first-order valence-corrected chi connectivity index (χ1v) is 7.53. The van der Waals surface area contributed by atoms with Crippen molar-refractivity contribution in [3.63, 3.8) is 0 Å². The Bertz CT molecular complexity index is 599. The molecule has 0 saturated carbocycles. The molecule has 0 fully saturated rings. The van der Waals surface area contributed by atoms with Crippen molar-refractivity contribution in [1.29, 1.82) is 0 Å². The van der Waals surface area contributed by atoms with E-state index in [1.165, 1.54) is 0 Å². The third-order valence-corrected chi connectivity index (χ3v) is 3.33. The SMILES string of the molecule is Cc1nc(NCCC(C)C)cc(Nc2ccccc2Cl)n1. The first kappa shape index (κ1) is 15.6. The molecular formula is C16H21ClN4. The Labute approximate surface area is 131 Å². The van der Waals surface area contributed by atoms with Crippen molar-refractivity contribution in [1.82, 2.24) is 9.97 Å². The zero-order valence-corrected chi connectivity index (χ0v) is 13.4. The zero-order valence-electron chi connectivity index (χ0n) is 12.7. The molecule has 0 bridgehead atoms. The summed E-state index contributed by atoms with van der Waals surface area (Å²) in [5.41, 5.74) is 0.838. The summed E-state index contributed by atoms with van der Waals surface area (Å²) >= 11 is 6.15. The van der Waals surface area contributed by atoms with E-state index in [2.05, 4.69) is 34.4 Å². The molecule has 2 aromatic rings. The second-order valence-electron chi connectivity index (χ2n) is 5.40. The minimum Gasteiger partial charge on any atom is -0.370 e. The van der Waals surface area contributed by atoms with Crippen LogP contribution < -0.4 is 10.6 Å². The molecule has 0 aliphatic carbocycles. The summed E-state index contributed by atoms with van der Waals surface area (Å²) in [5.74, 6) is 2.96. The van der Waals surface area contributed by atoms with E-state index in [9.17, 15) is 0 Å². The van der Waals surface area contributed by atoms with Gasteiger partial charge in [-0.1, -0.05) is 37.6 Å². The molecule has 112 valence electrons. The number of nitrogens with zero attached hydrogens (tertiary/aromatic N) is 2. The van der Waals surface area contributed by atoms with E-state index in [1.807, 2.05) is 37.3 Å². The Kier molecular flexibility index (Phi) is 5.39. The Morgan fingerprint density at radius 3 is 2.57 bits per heavy atom. The van der Waals surface area contributed by atoms with Crippen molar-refractivity contribution in [3.8, 4) is 0 Å². The van der Waals surface area contributed by atoms with Gasteiger partial charge in [-0.25, -0.2) is 9.97 Å². The molecule has 0 atom stereocenters. The zero-order chi connectivity index (χ0) is 15.2. The second kappa shape index (κ2) is 7.27. The molecule has 21 heavy (non-hydrogen) atoms. The Morgan fingerprint density at radius 1 is 1.14 bits per heavy atom. The average molecular weight is 305 g/mol. The van der Waals surface area contributed by atoms with Gasteiger partial charge in [0.1, 0.15) is 17.5 Å². The van der Waals surface area contributed by atoms with Crippen LogP contribution in [0.5, 0.6) is 0 Å². The Morgan fingerprint density at radius 2 is 1.86 bits per heavy atom. The number of nitrogens with one attached hydrogen (secondary N) is 2. The summed E-state index contributed by atoms with van der Waals surface area (Å²) in [7, 11) is 0. The van der Waals surface area contributed by atoms with Crippen LogP contribution in [0.15, 0.2) is 30.3 Å². The average Bonchev–Trinajstić information content (AvgIpc) is 2.40. The van der Waals surface area contributed by atoms with Crippen LogP contribution in [0.25, 0.3) is 0 Å². The van der Waals surface area contributed by atoms with Gasteiger partial charge in [0.25, 0.3) is 0 Å². The molecule has 5 heteroatoms. The number of hydrogen-bond acceptors (Lipinski definition) is 4. The van der Waals surface area contributed by atoms with Gasteiger partial charge >= 0.3 is 0 Å². The van der Waals surface area contributed by atoms with Crippen LogP contribution in [-0.4, -0.2) is 16.5 Å². The number of hydrogen-bond donors (Lipinski definition) is 2. The molecule has 1 heterocycles. The lowest BCUT2D eigenvalue weighted by Crippen LogP contribution is -2.08. The van der Waals surface area contributed by atoms with Gasteiger partial charge in [0.2, 0.25) is 0 Å². The van der Waals surface area contributed by atoms with Gasteiger partial charge in [-0.05, 0) is 31.4 Å². The minimum atomic E-state index is 0.668. The molecule has 1 aromatic carbocycles. The van der Waals surface area contributed by atoms with Crippen LogP contribution in [-0.2, 0) is 0 Å². The van der Waals surface area contributed by atoms with E-state index < -0.39 is 0 Å². The van der Waals surface area contributed by atoms with Gasteiger partial charge in [0.05, 0.1) is 10.7 Å². The van der Waals surface area contributed by atoms with E-state index in [4.69, 9.17) is 11.6 Å². The highest BCUT2D eigenvalue weighted by Crippen LogP contribution is 2.24. The van der Waals surface area contributed by atoms with E-state index in [0.717, 1.165) is 36.1 Å². The summed E-state index contributed by atoms with van der Waals surface area (Å²) in [4.78, 5) is 8.79.